The molecule has 0 bridgehead atoms. The van der Waals surface area contributed by atoms with Crippen molar-refractivity contribution in [2.24, 2.45) is 5.73 Å². The topological polar surface area (TPSA) is 53.7 Å². The molecular weight excluding hydrogens is 249 g/mol. The molecule has 1 aromatic carbocycles. The first-order valence-corrected chi connectivity index (χ1v) is 6.39. The number of ether oxygens (including phenoxy) is 3. The second-order valence-electron chi connectivity index (χ2n) is 4.28. The van der Waals surface area contributed by atoms with Crippen LogP contribution in [0.3, 0.4) is 0 Å². The summed E-state index contributed by atoms with van der Waals surface area (Å²) in [5, 5.41) is 0. The van der Waals surface area contributed by atoms with Crippen LogP contribution in [0.5, 0.6) is 5.75 Å². The summed E-state index contributed by atoms with van der Waals surface area (Å²) in [5.41, 5.74) is 6.44. The van der Waals surface area contributed by atoms with Crippen LogP contribution in [0, 0.1) is 5.82 Å². The third kappa shape index (κ3) is 6.00. The van der Waals surface area contributed by atoms with Gasteiger partial charge in [0.1, 0.15) is 18.2 Å². The van der Waals surface area contributed by atoms with E-state index in [1.807, 2.05) is 0 Å². The second kappa shape index (κ2) is 8.85. The molecule has 1 rings (SSSR count). The van der Waals surface area contributed by atoms with Crippen molar-refractivity contribution in [2.45, 2.75) is 19.4 Å². The lowest BCUT2D eigenvalue weighted by Gasteiger charge is -2.14. The molecule has 0 fully saturated rings. The fourth-order valence-electron chi connectivity index (χ4n) is 1.62. The van der Waals surface area contributed by atoms with Crippen molar-refractivity contribution in [3.63, 3.8) is 0 Å². The van der Waals surface area contributed by atoms with E-state index in [1.165, 1.54) is 12.1 Å². The molecule has 0 aliphatic carbocycles. The minimum atomic E-state index is -0.310. The van der Waals surface area contributed by atoms with Crippen molar-refractivity contribution >= 4 is 0 Å². The van der Waals surface area contributed by atoms with Gasteiger partial charge in [0.2, 0.25) is 0 Å². The van der Waals surface area contributed by atoms with Crippen LogP contribution in [0.2, 0.25) is 0 Å². The molecule has 1 atom stereocenters. The summed E-state index contributed by atoms with van der Waals surface area (Å²) in [6.07, 6.45) is 0.859. The largest absolute Gasteiger partial charge is 0.491 e. The van der Waals surface area contributed by atoms with Crippen LogP contribution in [-0.4, -0.2) is 33.5 Å². The van der Waals surface area contributed by atoms with Crippen molar-refractivity contribution in [2.75, 3.05) is 33.5 Å². The number of methoxy groups -OCH3 is 1. The van der Waals surface area contributed by atoms with Gasteiger partial charge in [-0.15, -0.1) is 0 Å². The second-order valence-corrected chi connectivity index (χ2v) is 4.28. The Hall–Kier alpha value is -1.17. The van der Waals surface area contributed by atoms with Crippen molar-refractivity contribution in [1.82, 2.24) is 0 Å². The fraction of sp³-hybridized carbons (Fsp3) is 0.571. The van der Waals surface area contributed by atoms with Crippen LogP contribution in [0.1, 0.15) is 24.9 Å². The Morgan fingerprint density at radius 1 is 1.21 bits per heavy atom. The van der Waals surface area contributed by atoms with E-state index in [1.54, 1.807) is 20.1 Å². The Morgan fingerprint density at radius 3 is 2.68 bits per heavy atom. The van der Waals surface area contributed by atoms with Gasteiger partial charge in [-0.1, -0.05) is 0 Å². The molecule has 5 heteroatoms. The quantitative estimate of drug-likeness (QED) is 0.700. The minimum Gasteiger partial charge on any atom is -0.491 e. The van der Waals surface area contributed by atoms with Crippen LogP contribution in [0.15, 0.2) is 18.2 Å². The Labute approximate surface area is 113 Å². The molecule has 0 heterocycles. The lowest BCUT2D eigenvalue weighted by molar-refractivity contribution is 0.0803. The monoisotopic (exact) mass is 271 g/mol. The van der Waals surface area contributed by atoms with E-state index < -0.39 is 0 Å². The highest BCUT2D eigenvalue weighted by molar-refractivity contribution is 5.36. The van der Waals surface area contributed by atoms with E-state index in [-0.39, 0.29) is 11.9 Å². The van der Waals surface area contributed by atoms with Gasteiger partial charge < -0.3 is 19.9 Å². The molecular formula is C14H22FNO3. The Balaban J connectivity index is 2.33. The van der Waals surface area contributed by atoms with Gasteiger partial charge in [-0.05, 0) is 31.5 Å². The first-order valence-electron chi connectivity index (χ1n) is 6.39. The highest BCUT2D eigenvalue weighted by atomic mass is 19.1. The number of rotatable bonds is 9. The van der Waals surface area contributed by atoms with Crippen molar-refractivity contribution < 1.29 is 18.6 Å². The SMILES string of the molecule is COCCCOCCOc1ccc(F)cc1[C@H](C)N. The lowest BCUT2D eigenvalue weighted by Crippen LogP contribution is -2.12. The maximum absolute atomic E-state index is 13.1. The number of halogens is 1. The molecule has 0 saturated heterocycles. The van der Waals surface area contributed by atoms with Gasteiger partial charge in [0.05, 0.1) is 6.61 Å². The number of hydrogen-bond acceptors (Lipinski definition) is 4. The molecule has 0 saturated carbocycles. The normalized spacial score (nSPS) is 12.4. The molecule has 0 aliphatic heterocycles. The molecule has 4 nitrogen and oxygen atoms in total. The number of benzene rings is 1. The molecule has 0 unspecified atom stereocenters. The van der Waals surface area contributed by atoms with Gasteiger partial charge in [0.15, 0.2) is 0 Å². The predicted octanol–water partition coefficient (Wildman–Crippen LogP) is 2.28. The van der Waals surface area contributed by atoms with E-state index in [0.29, 0.717) is 37.7 Å². The number of hydrogen-bond donors (Lipinski definition) is 1. The summed E-state index contributed by atoms with van der Waals surface area (Å²) in [6, 6.07) is 4.09. The van der Waals surface area contributed by atoms with Crippen molar-refractivity contribution in [3.8, 4) is 5.75 Å². The highest BCUT2D eigenvalue weighted by Crippen LogP contribution is 2.24. The molecule has 0 amide bonds. The molecule has 1 aromatic rings. The van der Waals surface area contributed by atoms with Gasteiger partial charge >= 0.3 is 0 Å². The van der Waals surface area contributed by atoms with Crippen LogP contribution in [-0.2, 0) is 9.47 Å². The zero-order valence-corrected chi connectivity index (χ0v) is 11.5. The molecule has 0 aromatic heterocycles. The van der Waals surface area contributed by atoms with E-state index in [2.05, 4.69) is 0 Å². The van der Waals surface area contributed by atoms with Crippen LogP contribution >= 0.6 is 0 Å². The third-order valence-corrected chi connectivity index (χ3v) is 2.58. The molecule has 19 heavy (non-hydrogen) atoms. The van der Waals surface area contributed by atoms with Crippen LogP contribution in [0.4, 0.5) is 4.39 Å². The summed E-state index contributed by atoms with van der Waals surface area (Å²) < 4.78 is 29.0. The van der Waals surface area contributed by atoms with E-state index in [9.17, 15) is 4.39 Å². The smallest absolute Gasteiger partial charge is 0.124 e. The van der Waals surface area contributed by atoms with Crippen LogP contribution in [0.25, 0.3) is 0 Å². The minimum absolute atomic E-state index is 0.270. The zero-order valence-electron chi connectivity index (χ0n) is 11.5. The van der Waals surface area contributed by atoms with Gasteiger partial charge in [-0.25, -0.2) is 4.39 Å². The molecule has 0 aliphatic rings. The first kappa shape index (κ1) is 15.9. The standard InChI is InChI=1S/C14H22FNO3/c1-11(16)13-10-12(15)4-5-14(13)19-9-8-18-7-3-6-17-2/h4-5,10-11H,3,6-9,16H2,1-2H3/t11-/m0/s1. The number of nitrogens with two attached hydrogens (primary N) is 1. The highest BCUT2D eigenvalue weighted by Gasteiger charge is 2.09. The molecule has 2 N–H and O–H groups in total. The van der Waals surface area contributed by atoms with Gasteiger partial charge in [-0.2, -0.15) is 0 Å². The van der Waals surface area contributed by atoms with Crippen molar-refractivity contribution in [1.29, 1.82) is 0 Å². The summed E-state index contributed by atoms with van der Waals surface area (Å²) in [5.74, 6) is 0.298. The summed E-state index contributed by atoms with van der Waals surface area (Å²) in [6.45, 7) is 4.02. The third-order valence-electron chi connectivity index (χ3n) is 2.58. The van der Waals surface area contributed by atoms with E-state index in [4.69, 9.17) is 19.9 Å². The van der Waals surface area contributed by atoms with Crippen molar-refractivity contribution in [3.05, 3.63) is 29.6 Å². The Morgan fingerprint density at radius 2 is 2.00 bits per heavy atom. The zero-order chi connectivity index (χ0) is 14.1. The summed E-state index contributed by atoms with van der Waals surface area (Å²) in [4.78, 5) is 0. The maximum atomic E-state index is 13.1. The van der Waals surface area contributed by atoms with Gasteiger partial charge in [0.25, 0.3) is 0 Å². The van der Waals surface area contributed by atoms with E-state index in [0.717, 1.165) is 6.42 Å². The predicted molar refractivity (Wildman–Crippen MR) is 71.8 cm³/mol. The van der Waals surface area contributed by atoms with Gasteiger partial charge in [0, 0.05) is 31.9 Å². The molecule has 0 radical (unpaired) electrons. The molecule has 0 spiro atoms. The summed E-state index contributed by atoms with van der Waals surface area (Å²) in [7, 11) is 1.66. The van der Waals surface area contributed by atoms with Crippen LogP contribution < -0.4 is 10.5 Å². The fourth-order valence-corrected chi connectivity index (χ4v) is 1.62. The average Bonchev–Trinajstić information content (AvgIpc) is 2.39. The maximum Gasteiger partial charge on any atom is 0.124 e. The first-order chi connectivity index (χ1) is 9.15. The van der Waals surface area contributed by atoms with Gasteiger partial charge in [-0.3, -0.25) is 0 Å². The summed E-state index contributed by atoms with van der Waals surface area (Å²) >= 11 is 0. The Bertz CT molecular complexity index is 372. The van der Waals surface area contributed by atoms with E-state index >= 15 is 0 Å². The lowest BCUT2D eigenvalue weighted by atomic mass is 10.1. The average molecular weight is 271 g/mol. The Kier molecular flexibility index (Phi) is 7.40. The molecule has 108 valence electrons.